The fourth-order valence-electron chi connectivity index (χ4n) is 2.35. The highest BCUT2D eigenvalue weighted by Gasteiger charge is 2.18. The van der Waals surface area contributed by atoms with E-state index in [1.807, 2.05) is 0 Å². The number of alkyl halides is 2. The Balaban J connectivity index is 1.84. The monoisotopic (exact) mass is 428 g/mol. The third kappa shape index (κ3) is 4.82. The first kappa shape index (κ1) is 19.7. The van der Waals surface area contributed by atoms with E-state index >= 15 is 0 Å². The van der Waals surface area contributed by atoms with E-state index in [1.165, 1.54) is 23.5 Å². The first-order valence-corrected chi connectivity index (χ1v) is 11.4. The predicted octanol–water partition coefficient (Wildman–Crippen LogP) is 4.31. The van der Waals surface area contributed by atoms with Gasteiger partial charge in [0.2, 0.25) is 6.43 Å². The average Bonchev–Trinajstić information content (AvgIpc) is 3.01. The number of fused-ring (bicyclic) bond motifs is 1. The molecule has 3 rings (SSSR count). The third-order valence-corrected chi connectivity index (χ3v) is 6.82. The van der Waals surface area contributed by atoms with E-state index in [2.05, 4.69) is 10.3 Å². The van der Waals surface area contributed by atoms with Crippen molar-refractivity contribution >= 4 is 54.7 Å². The molecule has 1 amide bonds. The first-order valence-electron chi connectivity index (χ1n) is 7.66. The van der Waals surface area contributed by atoms with Gasteiger partial charge in [-0.2, -0.15) is 0 Å². The SMILES string of the molecule is CS(=O)(=O)c1ccccc1C(=O)Nc1ccc2nc(SCC(F)F)sc2c1. The highest BCUT2D eigenvalue weighted by molar-refractivity contribution is 8.01. The number of rotatable bonds is 6. The van der Waals surface area contributed by atoms with Gasteiger partial charge in [-0.15, -0.1) is 11.3 Å². The number of aromatic nitrogens is 1. The second kappa shape index (κ2) is 7.91. The van der Waals surface area contributed by atoms with Gasteiger partial charge in [0, 0.05) is 11.9 Å². The maximum Gasteiger partial charge on any atom is 0.256 e. The second-order valence-electron chi connectivity index (χ2n) is 5.59. The minimum atomic E-state index is -3.55. The fraction of sp³-hybridized carbons (Fsp3) is 0.176. The molecule has 0 saturated heterocycles. The highest BCUT2D eigenvalue weighted by Crippen LogP contribution is 2.32. The normalized spacial score (nSPS) is 11.9. The van der Waals surface area contributed by atoms with Crippen molar-refractivity contribution in [2.45, 2.75) is 15.7 Å². The minimum absolute atomic E-state index is 0.0490. The number of hydrogen-bond acceptors (Lipinski definition) is 6. The largest absolute Gasteiger partial charge is 0.322 e. The molecule has 0 spiro atoms. The summed E-state index contributed by atoms with van der Waals surface area (Å²) in [6.07, 6.45) is -1.37. The van der Waals surface area contributed by atoms with Crippen molar-refractivity contribution in [1.82, 2.24) is 4.98 Å². The van der Waals surface area contributed by atoms with E-state index < -0.39 is 22.2 Å². The van der Waals surface area contributed by atoms with Crippen LogP contribution in [0.3, 0.4) is 0 Å². The molecular formula is C17H14F2N2O3S3. The van der Waals surface area contributed by atoms with Crippen molar-refractivity contribution in [2.24, 2.45) is 0 Å². The van der Waals surface area contributed by atoms with Crippen molar-refractivity contribution in [3.63, 3.8) is 0 Å². The summed E-state index contributed by atoms with van der Waals surface area (Å²) in [7, 11) is -3.55. The van der Waals surface area contributed by atoms with Gasteiger partial charge in [-0.3, -0.25) is 4.79 Å². The number of benzene rings is 2. The Morgan fingerprint density at radius 2 is 2.00 bits per heavy atom. The molecule has 0 aliphatic carbocycles. The van der Waals surface area contributed by atoms with E-state index in [0.29, 0.717) is 15.5 Å². The molecule has 2 aromatic carbocycles. The zero-order valence-corrected chi connectivity index (χ0v) is 16.4. The molecular weight excluding hydrogens is 414 g/mol. The number of hydrogen-bond donors (Lipinski definition) is 1. The van der Waals surface area contributed by atoms with Gasteiger partial charge in [0.15, 0.2) is 14.2 Å². The standard InChI is InChI=1S/C17H14F2N2O3S3/c1-27(23,24)14-5-3-2-4-11(14)16(22)20-10-6-7-12-13(8-10)26-17(21-12)25-9-15(18)19/h2-8,15H,9H2,1H3,(H,20,22). The Bertz CT molecular complexity index is 1100. The topological polar surface area (TPSA) is 76.1 Å². The summed E-state index contributed by atoms with van der Waals surface area (Å²) in [4.78, 5) is 16.7. The number of thiazole rings is 1. The second-order valence-corrected chi connectivity index (χ2v) is 9.87. The van der Waals surface area contributed by atoms with Gasteiger partial charge >= 0.3 is 0 Å². The Morgan fingerprint density at radius 3 is 2.70 bits per heavy atom. The summed E-state index contributed by atoms with van der Waals surface area (Å²) in [6.45, 7) is 0. The lowest BCUT2D eigenvalue weighted by atomic mass is 10.2. The summed E-state index contributed by atoms with van der Waals surface area (Å²) >= 11 is 2.23. The summed E-state index contributed by atoms with van der Waals surface area (Å²) < 4.78 is 49.6. The molecule has 142 valence electrons. The van der Waals surface area contributed by atoms with Gasteiger partial charge in [-0.1, -0.05) is 23.9 Å². The van der Waals surface area contributed by atoms with Crippen molar-refractivity contribution in [3.8, 4) is 0 Å². The molecule has 0 aliphatic rings. The average molecular weight is 429 g/mol. The molecule has 27 heavy (non-hydrogen) atoms. The smallest absolute Gasteiger partial charge is 0.256 e. The van der Waals surface area contributed by atoms with Crippen LogP contribution in [0.1, 0.15) is 10.4 Å². The number of nitrogens with zero attached hydrogens (tertiary/aromatic N) is 1. The van der Waals surface area contributed by atoms with Crippen LogP contribution in [0.5, 0.6) is 0 Å². The number of amides is 1. The van der Waals surface area contributed by atoms with Crippen LogP contribution in [-0.4, -0.2) is 37.7 Å². The van der Waals surface area contributed by atoms with Crippen LogP contribution in [0, 0.1) is 0 Å². The lowest BCUT2D eigenvalue weighted by Crippen LogP contribution is -2.15. The molecule has 1 N–H and O–H groups in total. The molecule has 0 fully saturated rings. The van der Waals surface area contributed by atoms with Crippen LogP contribution < -0.4 is 5.32 Å². The van der Waals surface area contributed by atoms with Crippen LogP contribution in [0.4, 0.5) is 14.5 Å². The van der Waals surface area contributed by atoms with Gasteiger partial charge in [0.05, 0.1) is 26.4 Å². The van der Waals surface area contributed by atoms with Gasteiger partial charge in [0.1, 0.15) is 0 Å². The zero-order chi connectivity index (χ0) is 19.6. The van der Waals surface area contributed by atoms with E-state index in [4.69, 9.17) is 0 Å². The van der Waals surface area contributed by atoms with Crippen LogP contribution >= 0.6 is 23.1 Å². The van der Waals surface area contributed by atoms with Gasteiger partial charge in [-0.05, 0) is 30.3 Å². The molecule has 0 aliphatic heterocycles. The number of nitrogens with one attached hydrogen (secondary N) is 1. The van der Waals surface area contributed by atoms with Gasteiger partial charge in [-0.25, -0.2) is 22.2 Å². The molecule has 0 radical (unpaired) electrons. The summed E-state index contributed by atoms with van der Waals surface area (Å²) in [6, 6.07) is 10.9. The number of thioether (sulfide) groups is 1. The Hall–Kier alpha value is -2.04. The van der Waals surface area contributed by atoms with Crippen molar-refractivity contribution < 1.29 is 22.0 Å². The molecule has 0 bridgehead atoms. The van der Waals surface area contributed by atoms with Crippen LogP contribution in [0.2, 0.25) is 0 Å². The number of sulfone groups is 1. The van der Waals surface area contributed by atoms with Gasteiger partial charge in [0.25, 0.3) is 5.91 Å². The van der Waals surface area contributed by atoms with E-state index in [0.717, 1.165) is 22.7 Å². The first-order chi connectivity index (χ1) is 12.7. The lowest BCUT2D eigenvalue weighted by molar-refractivity contribution is 0.102. The molecule has 10 heteroatoms. The quantitative estimate of drug-likeness (QED) is 0.592. The van der Waals surface area contributed by atoms with Crippen molar-refractivity contribution in [2.75, 3.05) is 17.3 Å². The summed E-state index contributed by atoms with van der Waals surface area (Å²) in [5.74, 6) is -0.877. The van der Waals surface area contributed by atoms with Crippen LogP contribution in [0.15, 0.2) is 51.7 Å². The van der Waals surface area contributed by atoms with E-state index in [1.54, 1.807) is 30.3 Å². The maximum absolute atomic E-state index is 12.5. The zero-order valence-electron chi connectivity index (χ0n) is 14.0. The molecule has 0 atom stereocenters. The van der Waals surface area contributed by atoms with E-state index in [9.17, 15) is 22.0 Å². The maximum atomic E-state index is 12.5. The number of anilines is 1. The molecule has 1 heterocycles. The number of carbonyl (C=O) groups excluding carboxylic acids is 1. The Morgan fingerprint density at radius 1 is 1.26 bits per heavy atom. The van der Waals surface area contributed by atoms with Crippen molar-refractivity contribution in [3.05, 3.63) is 48.0 Å². The molecule has 0 unspecified atom stereocenters. The van der Waals surface area contributed by atoms with Crippen molar-refractivity contribution in [1.29, 1.82) is 0 Å². The molecule has 0 saturated carbocycles. The van der Waals surface area contributed by atoms with Crippen LogP contribution in [0.25, 0.3) is 10.2 Å². The fourth-order valence-corrected chi connectivity index (χ4v) is 5.12. The molecule has 5 nitrogen and oxygen atoms in total. The van der Waals surface area contributed by atoms with Gasteiger partial charge < -0.3 is 5.32 Å². The summed E-state index contributed by atoms with van der Waals surface area (Å²) in [5.41, 5.74) is 1.16. The molecule has 1 aromatic heterocycles. The lowest BCUT2D eigenvalue weighted by Gasteiger charge is -2.09. The number of carbonyl (C=O) groups is 1. The molecule has 3 aromatic rings. The van der Waals surface area contributed by atoms with Crippen LogP contribution in [-0.2, 0) is 9.84 Å². The third-order valence-electron chi connectivity index (χ3n) is 3.49. The highest BCUT2D eigenvalue weighted by atomic mass is 32.2. The van der Waals surface area contributed by atoms with E-state index in [-0.39, 0.29) is 16.2 Å². The summed E-state index contributed by atoms with van der Waals surface area (Å²) in [5, 5.41) is 2.67. The minimum Gasteiger partial charge on any atom is -0.322 e. The number of halogens is 2. The predicted molar refractivity (Wildman–Crippen MR) is 104 cm³/mol. The Kier molecular flexibility index (Phi) is 5.78. The Labute approximate surface area is 162 Å².